The highest BCUT2D eigenvalue weighted by atomic mass is 16.5. The van der Waals surface area contributed by atoms with Gasteiger partial charge in [-0.1, -0.05) is 0 Å². The number of rotatable bonds is 3. The standard InChI is InChI=1S/C9H11NO6/c10-7(8(13)14)9(15,16)5-3-4(11)1-2-6(5)12/h1-3,7,11-12,15-16H,10H2,(H,13,14). The number of aliphatic carboxylic acids is 1. The molecule has 7 N–H and O–H groups in total. The van der Waals surface area contributed by atoms with Crippen LogP contribution in [0.2, 0.25) is 0 Å². The second kappa shape index (κ2) is 3.97. The van der Waals surface area contributed by atoms with E-state index in [1.807, 2.05) is 0 Å². The van der Waals surface area contributed by atoms with Crippen molar-refractivity contribution in [2.75, 3.05) is 0 Å². The van der Waals surface area contributed by atoms with E-state index in [-0.39, 0.29) is 5.75 Å². The predicted octanol–water partition coefficient (Wildman–Crippen LogP) is -1.35. The average Bonchev–Trinajstić information content (AvgIpc) is 2.20. The number of aromatic hydroxyl groups is 2. The summed E-state index contributed by atoms with van der Waals surface area (Å²) >= 11 is 0. The molecule has 7 heteroatoms. The van der Waals surface area contributed by atoms with E-state index in [9.17, 15) is 20.1 Å². The minimum atomic E-state index is -2.98. The first-order chi connectivity index (χ1) is 7.26. The molecular weight excluding hydrogens is 218 g/mol. The fraction of sp³-hybridized carbons (Fsp3) is 0.222. The van der Waals surface area contributed by atoms with Crippen molar-refractivity contribution >= 4 is 5.97 Å². The molecule has 1 aromatic carbocycles. The van der Waals surface area contributed by atoms with Crippen molar-refractivity contribution in [1.29, 1.82) is 0 Å². The smallest absolute Gasteiger partial charge is 0.326 e. The Morgan fingerprint density at radius 2 is 1.88 bits per heavy atom. The summed E-state index contributed by atoms with van der Waals surface area (Å²) < 4.78 is 0. The summed E-state index contributed by atoms with van der Waals surface area (Å²) in [6.07, 6.45) is 0. The summed E-state index contributed by atoms with van der Waals surface area (Å²) in [5.74, 6) is -5.58. The molecule has 0 radical (unpaired) electrons. The van der Waals surface area contributed by atoms with Crippen LogP contribution in [-0.4, -0.2) is 37.5 Å². The van der Waals surface area contributed by atoms with Crippen LogP contribution >= 0.6 is 0 Å². The lowest BCUT2D eigenvalue weighted by Crippen LogP contribution is -2.50. The van der Waals surface area contributed by atoms with E-state index in [1.54, 1.807) is 0 Å². The van der Waals surface area contributed by atoms with E-state index in [4.69, 9.17) is 15.9 Å². The van der Waals surface area contributed by atoms with Gasteiger partial charge in [-0.25, -0.2) is 0 Å². The van der Waals surface area contributed by atoms with Gasteiger partial charge in [0.2, 0.25) is 5.79 Å². The molecule has 0 aliphatic heterocycles. The van der Waals surface area contributed by atoms with Crippen LogP contribution in [0, 0.1) is 0 Å². The summed E-state index contributed by atoms with van der Waals surface area (Å²) in [7, 11) is 0. The van der Waals surface area contributed by atoms with Crippen molar-refractivity contribution in [3.05, 3.63) is 23.8 Å². The topological polar surface area (TPSA) is 144 Å². The van der Waals surface area contributed by atoms with E-state index >= 15 is 0 Å². The van der Waals surface area contributed by atoms with Gasteiger partial charge in [-0.2, -0.15) is 0 Å². The summed E-state index contributed by atoms with van der Waals surface area (Å²) in [5, 5.41) is 46.0. The molecule has 88 valence electrons. The third-order valence-corrected chi connectivity index (χ3v) is 2.08. The zero-order chi connectivity index (χ0) is 12.5. The van der Waals surface area contributed by atoms with Crippen molar-refractivity contribution in [3.63, 3.8) is 0 Å². The maximum atomic E-state index is 10.5. The molecule has 16 heavy (non-hydrogen) atoms. The number of hydrogen-bond acceptors (Lipinski definition) is 6. The van der Waals surface area contributed by atoms with Crippen LogP contribution in [0.25, 0.3) is 0 Å². The molecule has 1 rings (SSSR count). The molecule has 0 bridgehead atoms. The van der Waals surface area contributed by atoms with E-state index < -0.39 is 29.1 Å². The number of phenolic OH excluding ortho intramolecular Hbond substituents is 2. The van der Waals surface area contributed by atoms with Crippen LogP contribution in [0.3, 0.4) is 0 Å². The van der Waals surface area contributed by atoms with Gasteiger partial charge in [0.25, 0.3) is 0 Å². The molecule has 0 saturated carbocycles. The van der Waals surface area contributed by atoms with Gasteiger partial charge in [0.15, 0.2) is 6.04 Å². The Morgan fingerprint density at radius 1 is 1.31 bits per heavy atom. The summed E-state index contributed by atoms with van der Waals surface area (Å²) in [4.78, 5) is 10.5. The lowest BCUT2D eigenvalue weighted by Gasteiger charge is -2.26. The number of benzene rings is 1. The van der Waals surface area contributed by atoms with Gasteiger partial charge in [-0.3, -0.25) is 4.79 Å². The van der Waals surface area contributed by atoms with Crippen LogP contribution in [0.1, 0.15) is 5.56 Å². The van der Waals surface area contributed by atoms with Crippen LogP contribution in [0.5, 0.6) is 11.5 Å². The van der Waals surface area contributed by atoms with E-state index in [2.05, 4.69) is 0 Å². The second-order valence-electron chi connectivity index (χ2n) is 3.24. The molecule has 0 heterocycles. The lowest BCUT2D eigenvalue weighted by molar-refractivity contribution is -0.197. The first-order valence-electron chi connectivity index (χ1n) is 4.22. The first-order valence-corrected chi connectivity index (χ1v) is 4.22. The third-order valence-electron chi connectivity index (χ3n) is 2.08. The number of hydrogen-bond donors (Lipinski definition) is 6. The quantitative estimate of drug-likeness (QED) is 0.277. The SMILES string of the molecule is NC(C(=O)O)C(O)(O)c1cc(O)ccc1O. The van der Waals surface area contributed by atoms with Crippen molar-refractivity contribution in [2.24, 2.45) is 5.73 Å². The molecular formula is C9H11NO6. The number of carboxylic acid groups (broad SMARTS) is 1. The summed E-state index contributed by atoms with van der Waals surface area (Å²) in [6.45, 7) is 0. The van der Waals surface area contributed by atoms with E-state index in [1.165, 1.54) is 0 Å². The minimum absolute atomic E-state index is 0.363. The molecule has 1 unspecified atom stereocenters. The minimum Gasteiger partial charge on any atom is -0.508 e. The van der Waals surface area contributed by atoms with Crippen molar-refractivity contribution < 1.29 is 30.3 Å². The van der Waals surface area contributed by atoms with Crippen molar-refractivity contribution in [3.8, 4) is 11.5 Å². The highest BCUT2D eigenvalue weighted by molar-refractivity contribution is 5.75. The predicted molar refractivity (Wildman–Crippen MR) is 51.5 cm³/mol. The van der Waals surface area contributed by atoms with E-state index in [0.29, 0.717) is 0 Å². The second-order valence-corrected chi connectivity index (χ2v) is 3.24. The Kier molecular flexibility index (Phi) is 3.04. The number of phenols is 2. The molecule has 7 nitrogen and oxygen atoms in total. The van der Waals surface area contributed by atoms with Gasteiger partial charge in [-0.05, 0) is 18.2 Å². The fourth-order valence-corrected chi connectivity index (χ4v) is 1.16. The third kappa shape index (κ3) is 2.06. The first kappa shape index (κ1) is 12.2. The number of aliphatic hydroxyl groups is 2. The molecule has 0 aliphatic rings. The largest absolute Gasteiger partial charge is 0.508 e. The van der Waals surface area contributed by atoms with Gasteiger partial charge in [-0.15, -0.1) is 0 Å². The monoisotopic (exact) mass is 229 g/mol. The average molecular weight is 229 g/mol. The molecule has 0 saturated heterocycles. The van der Waals surface area contributed by atoms with Gasteiger partial charge in [0.1, 0.15) is 11.5 Å². The highest BCUT2D eigenvalue weighted by Crippen LogP contribution is 2.32. The molecule has 0 fully saturated rings. The molecule has 0 spiro atoms. The molecule has 0 aliphatic carbocycles. The van der Waals surface area contributed by atoms with Crippen LogP contribution in [0.15, 0.2) is 18.2 Å². The zero-order valence-corrected chi connectivity index (χ0v) is 8.03. The summed E-state index contributed by atoms with van der Waals surface area (Å²) in [5.41, 5.74) is 4.47. The maximum Gasteiger partial charge on any atom is 0.326 e. The summed E-state index contributed by atoms with van der Waals surface area (Å²) in [6, 6.07) is 0.847. The zero-order valence-electron chi connectivity index (χ0n) is 8.03. The molecule has 1 atom stereocenters. The van der Waals surface area contributed by atoms with Crippen molar-refractivity contribution in [1.82, 2.24) is 0 Å². The lowest BCUT2D eigenvalue weighted by atomic mass is 9.97. The Bertz CT molecular complexity index is 416. The molecule has 1 aromatic rings. The van der Waals surface area contributed by atoms with Crippen LogP contribution in [0.4, 0.5) is 0 Å². The van der Waals surface area contributed by atoms with Gasteiger partial charge in [0.05, 0.1) is 5.56 Å². The highest BCUT2D eigenvalue weighted by Gasteiger charge is 2.41. The van der Waals surface area contributed by atoms with Crippen LogP contribution in [-0.2, 0) is 10.6 Å². The van der Waals surface area contributed by atoms with Gasteiger partial charge in [0, 0.05) is 0 Å². The Morgan fingerprint density at radius 3 is 2.38 bits per heavy atom. The number of carbonyl (C=O) groups is 1. The normalized spacial score (nSPS) is 13.4. The Labute approximate surface area is 90.0 Å². The maximum absolute atomic E-state index is 10.5. The van der Waals surface area contributed by atoms with E-state index in [0.717, 1.165) is 18.2 Å². The Hall–Kier alpha value is -1.83. The number of carboxylic acids is 1. The Balaban J connectivity index is 3.25. The van der Waals surface area contributed by atoms with Gasteiger partial charge >= 0.3 is 5.97 Å². The van der Waals surface area contributed by atoms with Crippen molar-refractivity contribution in [2.45, 2.75) is 11.8 Å². The molecule has 0 aromatic heterocycles. The fourth-order valence-electron chi connectivity index (χ4n) is 1.16. The number of nitrogens with two attached hydrogens (primary N) is 1. The van der Waals surface area contributed by atoms with Gasteiger partial charge < -0.3 is 31.3 Å². The van der Waals surface area contributed by atoms with Crippen LogP contribution < -0.4 is 5.73 Å². The molecule has 0 amide bonds.